The van der Waals surface area contributed by atoms with Crippen LogP contribution in [0.3, 0.4) is 0 Å². The number of nitrogens with one attached hydrogen (secondary N) is 1. The Morgan fingerprint density at radius 1 is 0.882 bits per heavy atom. The number of methoxy groups -OCH3 is 3. The van der Waals surface area contributed by atoms with Crippen LogP contribution in [-0.4, -0.2) is 61.3 Å². The van der Waals surface area contributed by atoms with Crippen molar-refractivity contribution in [3.05, 3.63) is 75.9 Å². The third-order valence-corrected chi connectivity index (χ3v) is 5.51. The summed E-state index contributed by atoms with van der Waals surface area (Å²) in [5, 5.41) is 4.84. The molecule has 11 heteroatoms. The van der Waals surface area contributed by atoms with Crippen LogP contribution in [0.15, 0.2) is 70.3 Å². The van der Waals surface area contributed by atoms with Gasteiger partial charge in [-0.1, -0.05) is 46.3 Å². The zero-order valence-electron chi connectivity index (χ0n) is 18.6. The van der Waals surface area contributed by atoms with Crippen molar-refractivity contribution in [2.45, 2.75) is 12.6 Å². The molecule has 0 radical (unpaired) electrons. The predicted molar refractivity (Wildman–Crippen MR) is 124 cm³/mol. The summed E-state index contributed by atoms with van der Waals surface area (Å²) in [6.45, 7) is -0.0185. The van der Waals surface area contributed by atoms with E-state index in [4.69, 9.17) is 14.2 Å². The molecule has 34 heavy (non-hydrogen) atoms. The molecule has 0 aromatic heterocycles. The van der Waals surface area contributed by atoms with E-state index in [0.717, 1.165) is 30.8 Å². The van der Waals surface area contributed by atoms with E-state index in [1.165, 1.54) is 5.01 Å². The lowest BCUT2D eigenvalue weighted by atomic mass is 10.1. The van der Waals surface area contributed by atoms with E-state index in [1.54, 1.807) is 54.6 Å². The summed E-state index contributed by atoms with van der Waals surface area (Å²) in [5.74, 6) is -2.85. The average molecular weight is 532 g/mol. The molecule has 0 spiro atoms. The van der Waals surface area contributed by atoms with E-state index >= 15 is 0 Å². The third kappa shape index (κ3) is 5.10. The van der Waals surface area contributed by atoms with E-state index in [2.05, 4.69) is 21.2 Å². The second-order valence-corrected chi connectivity index (χ2v) is 7.92. The Bertz CT molecular complexity index is 1120. The van der Waals surface area contributed by atoms with Gasteiger partial charge in [0.05, 0.1) is 21.3 Å². The molecule has 178 valence electrons. The minimum atomic E-state index is -1.44. The van der Waals surface area contributed by atoms with E-state index in [0.29, 0.717) is 11.3 Å². The van der Waals surface area contributed by atoms with Gasteiger partial charge in [0, 0.05) is 16.7 Å². The van der Waals surface area contributed by atoms with Crippen molar-refractivity contribution >= 4 is 45.6 Å². The van der Waals surface area contributed by atoms with Crippen LogP contribution in [0.4, 0.5) is 10.5 Å². The summed E-state index contributed by atoms with van der Waals surface area (Å²) in [5.41, 5.74) is 0.296. The highest BCUT2D eigenvalue weighted by atomic mass is 79.9. The highest BCUT2D eigenvalue weighted by molar-refractivity contribution is 9.10. The molecular weight excluding hydrogens is 510 g/mol. The summed E-state index contributed by atoms with van der Waals surface area (Å²) in [6.07, 6.45) is 0. The summed E-state index contributed by atoms with van der Waals surface area (Å²) in [7, 11) is 3.34. The van der Waals surface area contributed by atoms with Crippen molar-refractivity contribution in [1.29, 1.82) is 0 Å². The maximum atomic E-state index is 13.5. The SMILES string of the molecule is COC(=O)C1=C(C(=O)OC)N(C(=O)Nc2ccc(Br)cc2)N(Cc2ccccc2)[C@@H]1C(=O)OC. The number of ether oxygens (including phenoxy) is 3. The molecule has 0 fully saturated rings. The van der Waals surface area contributed by atoms with Crippen molar-refractivity contribution in [3.63, 3.8) is 0 Å². The van der Waals surface area contributed by atoms with Crippen LogP contribution in [0.2, 0.25) is 0 Å². The Hall–Kier alpha value is -3.70. The van der Waals surface area contributed by atoms with Crippen molar-refractivity contribution in [2.24, 2.45) is 0 Å². The minimum absolute atomic E-state index is 0.0185. The topological polar surface area (TPSA) is 114 Å². The number of halogens is 1. The number of benzene rings is 2. The number of hydrogen-bond donors (Lipinski definition) is 1. The van der Waals surface area contributed by atoms with Gasteiger partial charge >= 0.3 is 23.9 Å². The zero-order chi connectivity index (χ0) is 24.8. The number of esters is 3. The summed E-state index contributed by atoms with van der Waals surface area (Å²) < 4.78 is 15.4. The number of hydrazine groups is 1. The fourth-order valence-electron chi connectivity index (χ4n) is 3.46. The van der Waals surface area contributed by atoms with E-state index < -0.39 is 35.7 Å². The van der Waals surface area contributed by atoms with Gasteiger partial charge in [0.15, 0.2) is 11.7 Å². The van der Waals surface area contributed by atoms with Gasteiger partial charge in [-0.2, -0.15) is 5.01 Å². The first-order valence-electron chi connectivity index (χ1n) is 9.98. The summed E-state index contributed by atoms with van der Waals surface area (Å²) in [4.78, 5) is 51.9. The number of urea groups is 1. The van der Waals surface area contributed by atoms with Gasteiger partial charge < -0.3 is 19.5 Å². The predicted octanol–water partition coefficient (Wildman–Crippen LogP) is 2.86. The molecule has 1 heterocycles. The third-order valence-electron chi connectivity index (χ3n) is 4.98. The normalized spacial score (nSPS) is 15.6. The van der Waals surface area contributed by atoms with Crippen LogP contribution in [0.25, 0.3) is 0 Å². The lowest BCUT2D eigenvalue weighted by Crippen LogP contribution is -2.51. The zero-order valence-corrected chi connectivity index (χ0v) is 20.2. The molecule has 0 bridgehead atoms. The van der Waals surface area contributed by atoms with Crippen LogP contribution in [0.1, 0.15) is 5.56 Å². The lowest BCUT2D eigenvalue weighted by Gasteiger charge is -2.32. The van der Waals surface area contributed by atoms with Crippen molar-refractivity contribution in [2.75, 3.05) is 26.6 Å². The van der Waals surface area contributed by atoms with Gasteiger partial charge in [-0.25, -0.2) is 24.2 Å². The summed E-state index contributed by atoms with van der Waals surface area (Å²) >= 11 is 3.32. The Morgan fingerprint density at radius 3 is 2.06 bits per heavy atom. The van der Waals surface area contributed by atoms with Gasteiger partial charge in [-0.15, -0.1) is 0 Å². The molecule has 0 aliphatic carbocycles. The van der Waals surface area contributed by atoms with Crippen molar-refractivity contribution in [3.8, 4) is 0 Å². The molecule has 1 aliphatic heterocycles. The molecule has 3 rings (SSSR count). The van der Waals surface area contributed by atoms with E-state index in [9.17, 15) is 19.2 Å². The first kappa shape index (κ1) is 24.9. The molecule has 0 saturated carbocycles. The van der Waals surface area contributed by atoms with Crippen molar-refractivity contribution in [1.82, 2.24) is 10.0 Å². The Morgan fingerprint density at radius 2 is 1.50 bits per heavy atom. The molecule has 2 aromatic rings. The van der Waals surface area contributed by atoms with Crippen molar-refractivity contribution < 1.29 is 33.4 Å². The molecule has 1 aliphatic rings. The first-order chi connectivity index (χ1) is 16.3. The van der Waals surface area contributed by atoms with Gasteiger partial charge in [0.1, 0.15) is 5.57 Å². The van der Waals surface area contributed by atoms with Crippen LogP contribution >= 0.6 is 15.9 Å². The first-order valence-corrected chi connectivity index (χ1v) is 10.8. The molecule has 0 unspecified atom stereocenters. The number of hydrogen-bond acceptors (Lipinski definition) is 8. The number of nitrogens with zero attached hydrogens (tertiary/aromatic N) is 2. The molecule has 0 saturated heterocycles. The molecule has 1 atom stereocenters. The van der Waals surface area contributed by atoms with Crippen LogP contribution < -0.4 is 5.32 Å². The second kappa shape index (κ2) is 10.9. The molecular formula is C23H22BrN3O7. The summed E-state index contributed by atoms with van der Waals surface area (Å²) in [6, 6.07) is 13.4. The molecule has 10 nitrogen and oxygen atoms in total. The number of rotatable bonds is 6. The smallest absolute Gasteiger partial charge is 0.357 e. The quantitative estimate of drug-likeness (QED) is 0.447. The largest absolute Gasteiger partial charge is 0.468 e. The Kier molecular flexibility index (Phi) is 8.03. The Balaban J connectivity index is 2.16. The van der Waals surface area contributed by atoms with Gasteiger partial charge in [0.2, 0.25) is 0 Å². The highest BCUT2D eigenvalue weighted by Crippen LogP contribution is 2.34. The van der Waals surface area contributed by atoms with Crippen LogP contribution in [0.5, 0.6) is 0 Å². The minimum Gasteiger partial charge on any atom is -0.468 e. The monoisotopic (exact) mass is 531 g/mol. The van der Waals surface area contributed by atoms with E-state index in [-0.39, 0.29) is 12.1 Å². The van der Waals surface area contributed by atoms with Crippen LogP contribution in [-0.2, 0) is 35.1 Å². The average Bonchev–Trinajstić information content (AvgIpc) is 3.19. The van der Waals surface area contributed by atoms with Crippen LogP contribution in [0, 0.1) is 0 Å². The number of carbonyl (C=O) groups is 4. The van der Waals surface area contributed by atoms with E-state index in [1.807, 2.05) is 0 Å². The van der Waals surface area contributed by atoms with Gasteiger partial charge in [0.25, 0.3) is 0 Å². The number of carbonyl (C=O) groups excluding carboxylic acids is 4. The standard InChI is InChI=1S/C23H22BrN3O7/c1-32-20(28)17-18(21(29)33-2)26(13-14-7-5-4-6-8-14)27(19(17)22(30)34-3)23(31)25-16-11-9-15(24)10-12-16/h4-12,18H,13H2,1-3H3,(H,25,31)/t18-/m0/s1. The molecule has 1 N–H and O–H groups in total. The fourth-order valence-corrected chi connectivity index (χ4v) is 3.72. The highest BCUT2D eigenvalue weighted by Gasteiger charge is 2.52. The lowest BCUT2D eigenvalue weighted by molar-refractivity contribution is -0.152. The maximum absolute atomic E-state index is 13.5. The molecule has 2 aromatic carbocycles. The van der Waals surface area contributed by atoms with Gasteiger partial charge in [-0.05, 0) is 29.8 Å². The fraction of sp³-hybridized carbons (Fsp3) is 0.217. The Labute approximate surface area is 204 Å². The van der Waals surface area contributed by atoms with Gasteiger partial charge in [-0.3, -0.25) is 0 Å². The maximum Gasteiger partial charge on any atom is 0.357 e. The number of anilines is 1. The number of amides is 2. The second-order valence-electron chi connectivity index (χ2n) is 7.00. The molecule has 2 amide bonds.